The molecule has 0 atom stereocenters. The standard InChI is InChI=1S/C17H11FN8O/c18-10-1-3-11(4-2-10)20-14-15(23-17-16(22-14)25-27-26-17)21-12-5-6-13-9(7-12)8-19-24-13/h1-8H,(H,19,24)(H,20,22,25)(H,21,23,26). The Morgan fingerprint density at radius 3 is 2.26 bits per heavy atom. The molecule has 0 saturated heterocycles. The van der Waals surface area contributed by atoms with Crippen LogP contribution in [-0.4, -0.2) is 30.5 Å². The number of halogens is 1. The Bertz CT molecular complexity index is 1250. The minimum atomic E-state index is -0.324. The number of nitrogens with zero attached hydrogens (tertiary/aromatic N) is 5. The molecule has 3 N–H and O–H groups in total. The van der Waals surface area contributed by atoms with E-state index in [-0.39, 0.29) is 17.1 Å². The zero-order chi connectivity index (χ0) is 18.2. The number of hydrogen-bond acceptors (Lipinski definition) is 8. The van der Waals surface area contributed by atoms with E-state index in [1.807, 2.05) is 18.2 Å². The van der Waals surface area contributed by atoms with E-state index < -0.39 is 0 Å². The fraction of sp³-hybridized carbons (Fsp3) is 0. The van der Waals surface area contributed by atoms with Gasteiger partial charge in [0.05, 0.1) is 11.7 Å². The molecular formula is C17H11FN8O. The molecular weight excluding hydrogens is 351 g/mol. The normalized spacial score (nSPS) is 11.1. The molecule has 0 amide bonds. The lowest BCUT2D eigenvalue weighted by molar-refractivity contribution is 0.314. The van der Waals surface area contributed by atoms with Crippen LogP contribution in [0.3, 0.4) is 0 Å². The van der Waals surface area contributed by atoms with Crippen LogP contribution in [-0.2, 0) is 0 Å². The molecule has 0 fully saturated rings. The van der Waals surface area contributed by atoms with Crippen molar-refractivity contribution in [3.05, 3.63) is 54.5 Å². The topological polar surface area (TPSA) is 117 Å². The highest BCUT2D eigenvalue weighted by molar-refractivity contribution is 5.85. The number of anilines is 4. The highest BCUT2D eigenvalue weighted by Gasteiger charge is 2.14. The van der Waals surface area contributed by atoms with Gasteiger partial charge in [0.2, 0.25) is 11.3 Å². The Hall–Kier alpha value is -4.08. The zero-order valence-electron chi connectivity index (χ0n) is 13.6. The van der Waals surface area contributed by atoms with Gasteiger partial charge in [-0.25, -0.2) is 19.0 Å². The van der Waals surface area contributed by atoms with Gasteiger partial charge in [0.1, 0.15) is 5.82 Å². The van der Waals surface area contributed by atoms with Crippen molar-refractivity contribution >= 4 is 45.2 Å². The molecule has 132 valence electrons. The highest BCUT2D eigenvalue weighted by atomic mass is 19.1. The maximum Gasteiger partial charge on any atom is 0.245 e. The number of hydrogen-bond donors (Lipinski definition) is 3. The van der Waals surface area contributed by atoms with Gasteiger partial charge in [-0.05, 0) is 52.8 Å². The molecule has 0 radical (unpaired) electrons. The maximum absolute atomic E-state index is 13.2. The molecule has 3 heterocycles. The van der Waals surface area contributed by atoms with Gasteiger partial charge in [-0.2, -0.15) is 5.10 Å². The Kier molecular flexibility index (Phi) is 3.39. The molecule has 9 nitrogen and oxygen atoms in total. The molecule has 3 aromatic heterocycles. The molecule has 0 aliphatic heterocycles. The molecule has 0 unspecified atom stereocenters. The SMILES string of the molecule is Fc1ccc(Nc2nc3nonc3nc2Nc2ccc3[nH]ncc3c2)cc1. The fourth-order valence-corrected chi connectivity index (χ4v) is 2.64. The Balaban J connectivity index is 1.55. The Labute approximate surface area is 150 Å². The van der Waals surface area contributed by atoms with Crippen LogP contribution in [0.4, 0.5) is 27.4 Å². The first kappa shape index (κ1) is 15.2. The number of aromatic nitrogens is 6. The summed E-state index contributed by atoms with van der Waals surface area (Å²) in [5.41, 5.74) is 2.89. The summed E-state index contributed by atoms with van der Waals surface area (Å²) >= 11 is 0. The van der Waals surface area contributed by atoms with Crippen LogP contribution in [0, 0.1) is 5.82 Å². The second kappa shape index (κ2) is 6.02. The van der Waals surface area contributed by atoms with Crippen LogP contribution >= 0.6 is 0 Å². The fourth-order valence-electron chi connectivity index (χ4n) is 2.64. The van der Waals surface area contributed by atoms with E-state index in [9.17, 15) is 4.39 Å². The van der Waals surface area contributed by atoms with Crippen molar-refractivity contribution < 1.29 is 9.02 Å². The van der Waals surface area contributed by atoms with Crippen LogP contribution in [0.1, 0.15) is 0 Å². The predicted octanol–water partition coefficient (Wildman–Crippen LogP) is 3.52. The zero-order valence-corrected chi connectivity index (χ0v) is 13.6. The third-order valence-electron chi connectivity index (χ3n) is 3.92. The van der Waals surface area contributed by atoms with Gasteiger partial charge >= 0.3 is 0 Å². The second-order valence-electron chi connectivity index (χ2n) is 5.76. The minimum Gasteiger partial charge on any atom is -0.337 e. The third-order valence-corrected chi connectivity index (χ3v) is 3.92. The van der Waals surface area contributed by atoms with E-state index in [2.05, 4.69) is 41.1 Å². The molecule has 0 saturated carbocycles. The monoisotopic (exact) mass is 362 g/mol. The smallest absolute Gasteiger partial charge is 0.245 e. The number of fused-ring (bicyclic) bond motifs is 2. The summed E-state index contributed by atoms with van der Waals surface area (Å²) in [5.74, 6) is 0.497. The number of nitrogens with one attached hydrogen (secondary N) is 3. The van der Waals surface area contributed by atoms with E-state index >= 15 is 0 Å². The van der Waals surface area contributed by atoms with Gasteiger partial charge in [0.15, 0.2) is 11.6 Å². The van der Waals surface area contributed by atoms with Gasteiger partial charge in [-0.1, -0.05) is 0 Å². The number of rotatable bonds is 4. The summed E-state index contributed by atoms with van der Waals surface area (Å²) in [6, 6.07) is 11.6. The molecule has 5 aromatic rings. The van der Waals surface area contributed by atoms with Crippen LogP contribution in [0.5, 0.6) is 0 Å². The summed E-state index contributed by atoms with van der Waals surface area (Å²) < 4.78 is 17.8. The van der Waals surface area contributed by atoms with E-state index in [1.54, 1.807) is 18.3 Å². The summed E-state index contributed by atoms with van der Waals surface area (Å²) in [6.07, 6.45) is 1.73. The predicted molar refractivity (Wildman–Crippen MR) is 96.5 cm³/mol. The van der Waals surface area contributed by atoms with Gasteiger partial charge in [-0.15, -0.1) is 0 Å². The van der Waals surface area contributed by atoms with Crippen molar-refractivity contribution in [3.8, 4) is 0 Å². The summed E-state index contributed by atoms with van der Waals surface area (Å²) in [5, 5.41) is 21.6. The quantitative estimate of drug-likeness (QED) is 0.444. The van der Waals surface area contributed by atoms with Crippen molar-refractivity contribution in [2.24, 2.45) is 0 Å². The molecule has 27 heavy (non-hydrogen) atoms. The van der Waals surface area contributed by atoms with Crippen molar-refractivity contribution in [2.75, 3.05) is 10.6 Å². The van der Waals surface area contributed by atoms with Crippen molar-refractivity contribution in [2.45, 2.75) is 0 Å². The second-order valence-corrected chi connectivity index (χ2v) is 5.76. The summed E-state index contributed by atoms with van der Waals surface area (Å²) in [4.78, 5) is 8.80. The largest absolute Gasteiger partial charge is 0.337 e. The molecule has 0 bridgehead atoms. The molecule has 0 aliphatic rings. The Morgan fingerprint density at radius 1 is 0.852 bits per heavy atom. The lowest BCUT2D eigenvalue weighted by Gasteiger charge is -2.12. The van der Waals surface area contributed by atoms with E-state index in [0.29, 0.717) is 17.3 Å². The van der Waals surface area contributed by atoms with E-state index in [0.717, 1.165) is 16.6 Å². The molecule has 5 rings (SSSR count). The lowest BCUT2D eigenvalue weighted by atomic mass is 10.2. The first-order valence-corrected chi connectivity index (χ1v) is 7.98. The molecule has 2 aromatic carbocycles. The third kappa shape index (κ3) is 2.88. The van der Waals surface area contributed by atoms with E-state index in [4.69, 9.17) is 4.63 Å². The van der Waals surface area contributed by atoms with Gasteiger partial charge < -0.3 is 10.6 Å². The lowest BCUT2D eigenvalue weighted by Crippen LogP contribution is -2.03. The van der Waals surface area contributed by atoms with Crippen molar-refractivity contribution in [1.29, 1.82) is 0 Å². The average molecular weight is 362 g/mol. The molecule has 10 heteroatoms. The average Bonchev–Trinajstić information content (AvgIpc) is 3.32. The van der Waals surface area contributed by atoms with Gasteiger partial charge in [0, 0.05) is 16.8 Å². The maximum atomic E-state index is 13.2. The Morgan fingerprint density at radius 2 is 1.52 bits per heavy atom. The first-order valence-electron chi connectivity index (χ1n) is 7.98. The van der Waals surface area contributed by atoms with Crippen LogP contribution in [0.25, 0.3) is 22.2 Å². The van der Waals surface area contributed by atoms with Gasteiger partial charge in [0.25, 0.3) is 0 Å². The van der Waals surface area contributed by atoms with Crippen LogP contribution in [0.15, 0.2) is 53.3 Å². The first-order chi connectivity index (χ1) is 13.2. The summed E-state index contributed by atoms with van der Waals surface area (Å²) in [6.45, 7) is 0. The van der Waals surface area contributed by atoms with E-state index in [1.165, 1.54) is 12.1 Å². The summed E-state index contributed by atoms with van der Waals surface area (Å²) in [7, 11) is 0. The number of H-pyrrole nitrogens is 1. The highest BCUT2D eigenvalue weighted by Crippen LogP contribution is 2.28. The van der Waals surface area contributed by atoms with Crippen LogP contribution < -0.4 is 10.6 Å². The minimum absolute atomic E-state index is 0.260. The van der Waals surface area contributed by atoms with Crippen LogP contribution in [0.2, 0.25) is 0 Å². The van der Waals surface area contributed by atoms with Crippen molar-refractivity contribution in [3.63, 3.8) is 0 Å². The molecule has 0 spiro atoms. The molecule has 0 aliphatic carbocycles. The number of aromatic amines is 1. The van der Waals surface area contributed by atoms with Crippen molar-refractivity contribution in [1.82, 2.24) is 30.5 Å². The van der Waals surface area contributed by atoms with Gasteiger partial charge in [-0.3, -0.25) is 5.10 Å². The number of benzene rings is 2.